The molecule has 2 rings (SSSR count). The molecular weight excluding hydrogens is 309 g/mol. The normalized spacial score (nSPS) is 20.6. The van der Waals surface area contributed by atoms with Crippen molar-refractivity contribution >= 4 is 10.0 Å². The summed E-state index contributed by atoms with van der Waals surface area (Å²) in [7, 11) is -0.720. The number of ether oxygens (including phenoxy) is 2. The topological polar surface area (TPSA) is 55.8 Å². The van der Waals surface area contributed by atoms with Gasteiger partial charge in [0.1, 0.15) is 0 Å². The van der Waals surface area contributed by atoms with Crippen LogP contribution in [0.5, 0.6) is 5.75 Å². The van der Waals surface area contributed by atoms with Gasteiger partial charge in [0.2, 0.25) is 10.0 Å². The minimum atomic E-state index is -3.65. The van der Waals surface area contributed by atoms with Crippen molar-refractivity contribution in [3.8, 4) is 5.75 Å². The number of methoxy groups -OCH3 is 2. The molecule has 1 heterocycles. The molecule has 0 saturated carbocycles. The molecule has 1 aromatic carbocycles. The highest BCUT2D eigenvalue weighted by atomic mass is 32.2. The smallest absolute Gasteiger partial charge is 0.243 e. The molecule has 1 fully saturated rings. The van der Waals surface area contributed by atoms with E-state index in [-0.39, 0.29) is 16.6 Å². The summed E-state index contributed by atoms with van der Waals surface area (Å²) >= 11 is 0. The number of nitrogens with zero attached hydrogens (tertiary/aromatic N) is 1. The lowest BCUT2D eigenvalue weighted by atomic mass is 10.1. The van der Waals surface area contributed by atoms with Gasteiger partial charge in [0.25, 0.3) is 0 Å². The Morgan fingerprint density at radius 3 is 2.77 bits per heavy atom. The van der Waals surface area contributed by atoms with Gasteiger partial charge in [0.15, 0.2) is 11.6 Å². The van der Waals surface area contributed by atoms with Gasteiger partial charge in [-0.3, -0.25) is 0 Å². The van der Waals surface area contributed by atoms with E-state index in [9.17, 15) is 12.8 Å². The number of rotatable bonds is 5. The molecule has 0 aromatic heterocycles. The molecule has 0 amide bonds. The second-order valence-corrected chi connectivity index (χ2v) is 7.41. The maximum absolute atomic E-state index is 13.5. The molecular formula is C15H22FNO4S. The maximum Gasteiger partial charge on any atom is 0.243 e. The maximum atomic E-state index is 13.5. The summed E-state index contributed by atoms with van der Waals surface area (Å²) in [6, 6.07) is 3.64. The van der Waals surface area contributed by atoms with E-state index in [0.29, 0.717) is 19.7 Å². The Morgan fingerprint density at radius 1 is 1.32 bits per heavy atom. The number of hydrogen-bond donors (Lipinski definition) is 0. The van der Waals surface area contributed by atoms with Crippen molar-refractivity contribution < 1.29 is 22.3 Å². The summed E-state index contributed by atoms with van der Waals surface area (Å²) in [6.45, 7) is 1.44. The fourth-order valence-corrected chi connectivity index (χ4v) is 4.30. The summed E-state index contributed by atoms with van der Waals surface area (Å²) in [4.78, 5) is 0.0591. The SMILES string of the molecule is COCC1CCCCN(S(=O)(=O)c2ccc(F)c(OC)c2)C1. The third-order valence-corrected chi connectivity index (χ3v) is 5.76. The molecule has 0 bridgehead atoms. The molecule has 0 N–H and O–H groups in total. The van der Waals surface area contributed by atoms with E-state index in [4.69, 9.17) is 9.47 Å². The van der Waals surface area contributed by atoms with Crippen molar-refractivity contribution in [1.29, 1.82) is 0 Å². The lowest BCUT2D eigenvalue weighted by Gasteiger charge is -2.23. The van der Waals surface area contributed by atoms with Crippen LogP contribution in [0.15, 0.2) is 23.1 Å². The van der Waals surface area contributed by atoms with Crippen LogP contribution >= 0.6 is 0 Å². The van der Waals surface area contributed by atoms with Crippen LogP contribution in [0.1, 0.15) is 19.3 Å². The van der Waals surface area contributed by atoms with E-state index in [2.05, 4.69) is 0 Å². The standard InChI is InChI=1S/C15H22FNO4S/c1-20-11-12-5-3-4-8-17(10-12)22(18,19)13-6-7-14(16)15(9-13)21-2/h6-7,9,12H,3-5,8,10-11H2,1-2H3. The summed E-state index contributed by atoms with van der Waals surface area (Å²) in [5.74, 6) is -0.455. The average Bonchev–Trinajstić information content (AvgIpc) is 2.74. The molecule has 5 nitrogen and oxygen atoms in total. The molecule has 0 radical (unpaired) electrons. The highest BCUT2D eigenvalue weighted by Crippen LogP contribution is 2.27. The summed E-state index contributed by atoms with van der Waals surface area (Å²) in [5, 5.41) is 0. The second kappa shape index (κ2) is 7.39. The third kappa shape index (κ3) is 3.77. The monoisotopic (exact) mass is 331 g/mol. The third-order valence-electron chi connectivity index (χ3n) is 3.89. The van der Waals surface area contributed by atoms with Crippen molar-refractivity contribution in [3.05, 3.63) is 24.0 Å². The van der Waals surface area contributed by atoms with E-state index < -0.39 is 15.8 Å². The minimum Gasteiger partial charge on any atom is -0.494 e. The molecule has 7 heteroatoms. The van der Waals surface area contributed by atoms with Crippen molar-refractivity contribution in [2.45, 2.75) is 24.2 Å². The predicted molar refractivity (Wildman–Crippen MR) is 80.9 cm³/mol. The van der Waals surface area contributed by atoms with E-state index in [1.54, 1.807) is 7.11 Å². The van der Waals surface area contributed by atoms with Gasteiger partial charge >= 0.3 is 0 Å². The van der Waals surface area contributed by atoms with Crippen LogP contribution in [0.25, 0.3) is 0 Å². The van der Waals surface area contributed by atoms with Crippen LogP contribution in [-0.2, 0) is 14.8 Å². The Kier molecular flexibility index (Phi) is 5.77. The van der Waals surface area contributed by atoms with E-state index in [0.717, 1.165) is 25.3 Å². The van der Waals surface area contributed by atoms with E-state index in [1.807, 2.05) is 0 Å². The first-order valence-corrected chi connectivity index (χ1v) is 8.75. The van der Waals surface area contributed by atoms with E-state index >= 15 is 0 Å². The fourth-order valence-electron chi connectivity index (χ4n) is 2.73. The van der Waals surface area contributed by atoms with E-state index in [1.165, 1.54) is 23.5 Å². The Morgan fingerprint density at radius 2 is 2.09 bits per heavy atom. The zero-order valence-corrected chi connectivity index (χ0v) is 13.7. The Hall–Kier alpha value is -1.18. The van der Waals surface area contributed by atoms with Gasteiger partial charge < -0.3 is 9.47 Å². The molecule has 22 heavy (non-hydrogen) atoms. The first-order valence-electron chi connectivity index (χ1n) is 7.31. The zero-order chi connectivity index (χ0) is 16.2. The highest BCUT2D eigenvalue weighted by Gasteiger charge is 2.29. The van der Waals surface area contributed by atoms with Crippen LogP contribution in [0, 0.1) is 11.7 Å². The molecule has 0 aliphatic carbocycles. The summed E-state index contributed by atoms with van der Waals surface area (Å²) in [5.41, 5.74) is 0. The van der Waals surface area contributed by atoms with Crippen LogP contribution < -0.4 is 4.74 Å². The van der Waals surface area contributed by atoms with Crippen molar-refractivity contribution in [2.24, 2.45) is 5.92 Å². The molecule has 1 saturated heterocycles. The van der Waals surface area contributed by atoms with Gasteiger partial charge in [-0.15, -0.1) is 0 Å². The molecule has 1 atom stereocenters. The van der Waals surface area contributed by atoms with Gasteiger partial charge in [0, 0.05) is 26.3 Å². The zero-order valence-electron chi connectivity index (χ0n) is 12.9. The highest BCUT2D eigenvalue weighted by molar-refractivity contribution is 7.89. The van der Waals surface area contributed by atoms with Gasteiger partial charge in [-0.1, -0.05) is 6.42 Å². The fraction of sp³-hybridized carbons (Fsp3) is 0.600. The molecule has 1 aromatic rings. The average molecular weight is 331 g/mol. The van der Waals surface area contributed by atoms with Crippen LogP contribution in [0.3, 0.4) is 0 Å². The van der Waals surface area contributed by atoms with Crippen molar-refractivity contribution in [2.75, 3.05) is 33.9 Å². The molecule has 1 unspecified atom stereocenters. The number of benzene rings is 1. The second-order valence-electron chi connectivity index (χ2n) is 5.48. The van der Waals surface area contributed by atoms with Gasteiger partial charge in [0.05, 0.1) is 18.6 Å². The van der Waals surface area contributed by atoms with Gasteiger partial charge in [-0.05, 0) is 30.9 Å². The van der Waals surface area contributed by atoms with Crippen LogP contribution in [-0.4, -0.2) is 46.6 Å². The quantitative estimate of drug-likeness (QED) is 0.830. The molecule has 1 aliphatic rings. The van der Waals surface area contributed by atoms with Gasteiger partial charge in [-0.25, -0.2) is 12.8 Å². The predicted octanol–water partition coefficient (Wildman–Crippen LogP) is 2.27. The first kappa shape index (κ1) is 17.2. The lowest BCUT2D eigenvalue weighted by molar-refractivity contribution is 0.141. The molecule has 0 spiro atoms. The first-order chi connectivity index (χ1) is 10.5. The Bertz CT molecular complexity index is 606. The Balaban J connectivity index is 2.28. The minimum absolute atomic E-state index is 0.0591. The molecule has 1 aliphatic heterocycles. The number of halogens is 1. The number of sulfonamides is 1. The van der Waals surface area contributed by atoms with Crippen molar-refractivity contribution in [1.82, 2.24) is 4.31 Å². The summed E-state index contributed by atoms with van der Waals surface area (Å²) < 4.78 is 50.5. The number of hydrogen-bond acceptors (Lipinski definition) is 4. The summed E-state index contributed by atoms with van der Waals surface area (Å²) in [6.07, 6.45) is 2.75. The van der Waals surface area contributed by atoms with Crippen LogP contribution in [0.4, 0.5) is 4.39 Å². The lowest BCUT2D eigenvalue weighted by Crippen LogP contribution is -2.35. The van der Waals surface area contributed by atoms with Crippen LogP contribution in [0.2, 0.25) is 0 Å². The molecule has 124 valence electrons. The largest absolute Gasteiger partial charge is 0.494 e. The Labute approximate surface area is 131 Å². The van der Waals surface area contributed by atoms with Gasteiger partial charge in [-0.2, -0.15) is 4.31 Å². The van der Waals surface area contributed by atoms with Crippen molar-refractivity contribution in [3.63, 3.8) is 0 Å².